The molecule has 0 aliphatic heterocycles. The van der Waals surface area contributed by atoms with Gasteiger partial charge in [-0.2, -0.15) is 0 Å². The fourth-order valence-electron chi connectivity index (χ4n) is 2.01. The van der Waals surface area contributed by atoms with Gasteiger partial charge in [0.15, 0.2) is 0 Å². The summed E-state index contributed by atoms with van der Waals surface area (Å²) in [6.45, 7) is 1.98. The first-order valence-electron chi connectivity index (χ1n) is 5.55. The maximum absolute atomic E-state index is 5.86. The molecule has 0 spiro atoms. The highest BCUT2D eigenvalue weighted by molar-refractivity contribution is 5.35. The van der Waals surface area contributed by atoms with Crippen molar-refractivity contribution in [2.75, 3.05) is 5.32 Å². The Morgan fingerprint density at radius 2 is 2.00 bits per heavy atom. The average Bonchev–Trinajstić information content (AvgIpc) is 2.22. The molecule has 1 aliphatic rings. The highest BCUT2D eigenvalue weighted by Gasteiger charge is 2.18. The van der Waals surface area contributed by atoms with Crippen LogP contribution in [0.15, 0.2) is 12.4 Å². The zero-order valence-electron chi connectivity index (χ0n) is 9.11. The third-order valence-electron chi connectivity index (χ3n) is 2.93. The first kappa shape index (κ1) is 10.4. The molecule has 15 heavy (non-hydrogen) atoms. The number of aromatic nitrogens is 2. The molecule has 0 amide bonds. The fourth-order valence-corrected chi connectivity index (χ4v) is 2.01. The Bertz CT molecular complexity index is 318. The van der Waals surface area contributed by atoms with Crippen molar-refractivity contribution in [3.8, 4) is 0 Å². The van der Waals surface area contributed by atoms with Crippen LogP contribution in [0.25, 0.3) is 0 Å². The Hall–Kier alpha value is -1.16. The minimum Gasteiger partial charge on any atom is -0.367 e. The van der Waals surface area contributed by atoms with Crippen LogP contribution < -0.4 is 11.1 Å². The van der Waals surface area contributed by atoms with Gasteiger partial charge < -0.3 is 11.1 Å². The molecule has 3 N–H and O–H groups in total. The van der Waals surface area contributed by atoms with E-state index in [0.29, 0.717) is 12.1 Å². The largest absolute Gasteiger partial charge is 0.367 e. The van der Waals surface area contributed by atoms with E-state index in [0.717, 1.165) is 37.2 Å². The van der Waals surface area contributed by atoms with Crippen LogP contribution in [0.1, 0.15) is 31.4 Å². The first-order chi connectivity index (χ1) is 7.24. The number of nitrogens with one attached hydrogen (secondary N) is 1. The second-order valence-corrected chi connectivity index (χ2v) is 4.30. The van der Waals surface area contributed by atoms with Gasteiger partial charge in [-0.1, -0.05) is 0 Å². The predicted octanol–water partition coefficient (Wildman–Crippen LogP) is 1.47. The predicted molar refractivity (Wildman–Crippen MR) is 60.6 cm³/mol. The van der Waals surface area contributed by atoms with Crippen LogP contribution >= 0.6 is 0 Å². The summed E-state index contributed by atoms with van der Waals surface area (Å²) in [5.74, 6) is 0.933. The molecule has 0 radical (unpaired) electrons. The topological polar surface area (TPSA) is 63.8 Å². The Labute approximate surface area is 90.3 Å². The summed E-state index contributed by atoms with van der Waals surface area (Å²) in [6, 6.07) is 2.91. The highest BCUT2D eigenvalue weighted by atomic mass is 15.0. The summed E-state index contributed by atoms with van der Waals surface area (Å²) < 4.78 is 0. The van der Waals surface area contributed by atoms with Gasteiger partial charge in [-0.15, -0.1) is 0 Å². The third-order valence-corrected chi connectivity index (χ3v) is 2.93. The maximum atomic E-state index is 5.86. The molecule has 1 aromatic rings. The number of hydrogen-bond acceptors (Lipinski definition) is 4. The van der Waals surface area contributed by atoms with E-state index in [9.17, 15) is 0 Å². The Morgan fingerprint density at radius 1 is 1.27 bits per heavy atom. The van der Waals surface area contributed by atoms with Gasteiger partial charge in [0.2, 0.25) is 0 Å². The quantitative estimate of drug-likeness (QED) is 0.769. The van der Waals surface area contributed by atoms with E-state index < -0.39 is 0 Å². The van der Waals surface area contributed by atoms with Gasteiger partial charge in [-0.3, -0.25) is 0 Å². The Morgan fingerprint density at radius 3 is 2.67 bits per heavy atom. The monoisotopic (exact) mass is 206 g/mol. The van der Waals surface area contributed by atoms with Gasteiger partial charge in [0.25, 0.3) is 0 Å². The smallest absolute Gasteiger partial charge is 0.129 e. The van der Waals surface area contributed by atoms with Gasteiger partial charge in [0.1, 0.15) is 12.1 Å². The molecule has 4 heteroatoms. The summed E-state index contributed by atoms with van der Waals surface area (Å²) in [5.41, 5.74) is 6.86. The zero-order valence-corrected chi connectivity index (χ0v) is 9.11. The SMILES string of the molecule is Cc1cc(N[C@H]2CC[C@H](N)CC2)ncn1. The van der Waals surface area contributed by atoms with Crippen molar-refractivity contribution in [3.05, 3.63) is 18.1 Å². The third kappa shape index (κ3) is 2.89. The molecule has 0 bridgehead atoms. The van der Waals surface area contributed by atoms with Crippen LogP contribution in [-0.4, -0.2) is 22.1 Å². The lowest BCUT2D eigenvalue weighted by atomic mass is 9.92. The van der Waals surface area contributed by atoms with Crippen molar-refractivity contribution in [3.63, 3.8) is 0 Å². The molecule has 1 aromatic heterocycles. The van der Waals surface area contributed by atoms with E-state index in [4.69, 9.17) is 5.73 Å². The van der Waals surface area contributed by atoms with Crippen LogP contribution in [0.4, 0.5) is 5.82 Å². The van der Waals surface area contributed by atoms with Gasteiger partial charge in [-0.05, 0) is 32.6 Å². The van der Waals surface area contributed by atoms with E-state index in [1.165, 1.54) is 0 Å². The number of aryl methyl sites for hydroxylation is 1. The maximum Gasteiger partial charge on any atom is 0.129 e. The minimum atomic E-state index is 0.398. The second kappa shape index (κ2) is 4.57. The lowest BCUT2D eigenvalue weighted by Gasteiger charge is -2.27. The van der Waals surface area contributed by atoms with Gasteiger partial charge >= 0.3 is 0 Å². The molecule has 0 aromatic carbocycles. The van der Waals surface area contributed by atoms with E-state index in [-0.39, 0.29) is 0 Å². The van der Waals surface area contributed by atoms with Crippen molar-refractivity contribution < 1.29 is 0 Å². The number of anilines is 1. The normalized spacial score (nSPS) is 26.3. The minimum absolute atomic E-state index is 0.398. The Balaban J connectivity index is 1.92. The molecule has 1 aliphatic carbocycles. The molecule has 1 saturated carbocycles. The van der Waals surface area contributed by atoms with E-state index >= 15 is 0 Å². The lowest BCUT2D eigenvalue weighted by Crippen LogP contribution is -2.33. The van der Waals surface area contributed by atoms with Crippen LogP contribution in [0.2, 0.25) is 0 Å². The summed E-state index contributed by atoms with van der Waals surface area (Å²) in [7, 11) is 0. The number of rotatable bonds is 2. The zero-order chi connectivity index (χ0) is 10.7. The molecule has 0 unspecified atom stereocenters. The van der Waals surface area contributed by atoms with Crippen LogP contribution in [-0.2, 0) is 0 Å². The summed E-state index contributed by atoms with van der Waals surface area (Å²) >= 11 is 0. The molecule has 4 nitrogen and oxygen atoms in total. The van der Waals surface area contributed by atoms with Crippen molar-refractivity contribution in [1.29, 1.82) is 0 Å². The molecular weight excluding hydrogens is 188 g/mol. The molecule has 1 fully saturated rings. The first-order valence-corrected chi connectivity index (χ1v) is 5.55. The molecule has 1 heterocycles. The molecule has 82 valence electrons. The Kier molecular flexibility index (Phi) is 3.16. The van der Waals surface area contributed by atoms with Crippen molar-refractivity contribution in [2.24, 2.45) is 5.73 Å². The van der Waals surface area contributed by atoms with E-state index in [1.54, 1.807) is 6.33 Å². The number of hydrogen-bond donors (Lipinski definition) is 2. The molecule has 2 rings (SSSR count). The van der Waals surface area contributed by atoms with Crippen molar-refractivity contribution >= 4 is 5.82 Å². The lowest BCUT2D eigenvalue weighted by molar-refractivity contribution is 0.410. The molecular formula is C11H18N4. The number of nitrogens with zero attached hydrogens (tertiary/aromatic N) is 2. The highest BCUT2D eigenvalue weighted by Crippen LogP contribution is 2.20. The van der Waals surface area contributed by atoms with Crippen LogP contribution in [0.3, 0.4) is 0 Å². The number of nitrogens with two attached hydrogens (primary N) is 1. The van der Waals surface area contributed by atoms with E-state index in [1.807, 2.05) is 13.0 Å². The average molecular weight is 206 g/mol. The fraction of sp³-hybridized carbons (Fsp3) is 0.636. The van der Waals surface area contributed by atoms with E-state index in [2.05, 4.69) is 15.3 Å². The van der Waals surface area contributed by atoms with Gasteiger partial charge in [0.05, 0.1) is 0 Å². The molecule has 0 atom stereocenters. The molecule has 0 saturated heterocycles. The second-order valence-electron chi connectivity index (χ2n) is 4.30. The van der Waals surface area contributed by atoms with Crippen LogP contribution in [0, 0.1) is 6.92 Å². The van der Waals surface area contributed by atoms with Gasteiger partial charge in [-0.25, -0.2) is 9.97 Å². The summed E-state index contributed by atoms with van der Waals surface area (Å²) in [5, 5.41) is 3.44. The van der Waals surface area contributed by atoms with Crippen molar-refractivity contribution in [2.45, 2.75) is 44.7 Å². The van der Waals surface area contributed by atoms with Gasteiger partial charge in [0, 0.05) is 23.8 Å². The summed E-state index contributed by atoms with van der Waals surface area (Å²) in [4.78, 5) is 8.27. The van der Waals surface area contributed by atoms with Crippen molar-refractivity contribution in [1.82, 2.24) is 9.97 Å². The summed E-state index contributed by atoms with van der Waals surface area (Å²) in [6.07, 6.45) is 6.12. The standard InChI is InChI=1S/C11H18N4/c1-8-6-11(14-7-13-8)15-10-4-2-9(12)3-5-10/h6-7,9-10H,2-5,12H2,1H3,(H,13,14,15)/t9-,10-. The van der Waals surface area contributed by atoms with Crippen LogP contribution in [0.5, 0.6) is 0 Å².